The van der Waals surface area contributed by atoms with Crippen molar-refractivity contribution in [1.29, 1.82) is 0 Å². The van der Waals surface area contributed by atoms with Gasteiger partial charge in [0, 0.05) is 28.5 Å². The molecule has 164 valence electrons. The summed E-state index contributed by atoms with van der Waals surface area (Å²) in [7, 11) is 2.10. The molecule has 0 amide bonds. The highest BCUT2D eigenvalue weighted by Gasteiger charge is 2.32. The molecule has 0 radical (unpaired) electrons. The van der Waals surface area contributed by atoms with Crippen LogP contribution in [-0.2, 0) is 19.9 Å². The number of aryl methyl sites for hydroxylation is 3. The van der Waals surface area contributed by atoms with Crippen LogP contribution in [0.4, 0.5) is 0 Å². The fraction of sp³-hybridized carbons (Fsp3) is 0.258. The lowest BCUT2D eigenvalue weighted by molar-refractivity contribution is -0.660. The fourth-order valence-corrected chi connectivity index (χ4v) is 5.80. The maximum absolute atomic E-state index is 6.79. The maximum atomic E-state index is 6.79. The molecule has 0 saturated heterocycles. The largest absolute Gasteiger partial charge is 0.454 e. The van der Waals surface area contributed by atoms with E-state index in [0.717, 1.165) is 24.0 Å². The third-order valence-corrected chi connectivity index (χ3v) is 7.45. The molecule has 2 nitrogen and oxygen atoms in total. The first-order chi connectivity index (χ1) is 15.8. The van der Waals surface area contributed by atoms with Crippen molar-refractivity contribution in [2.24, 2.45) is 12.5 Å². The van der Waals surface area contributed by atoms with Gasteiger partial charge in [-0.3, -0.25) is 0 Å². The Hall–Kier alpha value is -3.39. The third kappa shape index (κ3) is 3.04. The minimum atomic E-state index is 0.303. The molecule has 1 aliphatic rings. The number of pyridine rings is 1. The number of fused-ring (bicyclic) bond motifs is 4. The summed E-state index contributed by atoms with van der Waals surface area (Å²) < 4.78 is 8.96. The second kappa shape index (κ2) is 7.05. The smallest absolute Gasteiger partial charge is 0.216 e. The van der Waals surface area contributed by atoms with E-state index in [1.165, 1.54) is 55.4 Å². The zero-order valence-electron chi connectivity index (χ0n) is 20.1. The van der Waals surface area contributed by atoms with Gasteiger partial charge in [0.25, 0.3) is 0 Å². The Balaban J connectivity index is 1.66. The lowest BCUT2D eigenvalue weighted by Crippen LogP contribution is -2.30. The van der Waals surface area contributed by atoms with Gasteiger partial charge in [0.1, 0.15) is 18.2 Å². The monoisotopic (exact) mass is 432 g/mol. The first kappa shape index (κ1) is 20.2. The van der Waals surface area contributed by atoms with Crippen LogP contribution in [0.1, 0.15) is 36.1 Å². The van der Waals surface area contributed by atoms with Gasteiger partial charge < -0.3 is 4.42 Å². The van der Waals surface area contributed by atoms with Crippen molar-refractivity contribution in [2.45, 2.75) is 40.5 Å². The summed E-state index contributed by atoms with van der Waals surface area (Å²) in [5, 5.41) is 2.37. The average molecular weight is 433 g/mol. The third-order valence-electron chi connectivity index (χ3n) is 7.45. The zero-order chi connectivity index (χ0) is 22.9. The molecule has 6 rings (SSSR count). The normalized spacial score (nSPS) is 14.8. The standard InChI is InChI=1S/C31H30NO/c1-19-12-14-21(26-18-31(3,4)17-25(19)26)22-9-8-10-23-24-15-13-20(2)28(30(24)33-29(22)23)27-11-6-7-16-32(27)5/h6-16H,17-18H2,1-5H3/q+1. The van der Waals surface area contributed by atoms with E-state index in [2.05, 4.69) is 106 Å². The van der Waals surface area contributed by atoms with E-state index >= 15 is 0 Å². The molecule has 0 fully saturated rings. The average Bonchev–Trinajstić information content (AvgIpc) is 3.32. The van der Waals surface area contributed by atoms with E-state index in [0.29, 0.717) is 5.41 Å². The molecule has 2 heterocycles. The molecule has 5 aromatic rings. The fourth-order valence-electron chi connectivity index (χ4n) is 5.80. The second-order valence-electron chi connectivity index (χ2n) is 10.5. The molecule has 0 spiro atoms. The molecule has 0 unspecified atom stereocenters. The van der Waals surface area contributed by atoms with Crippen LogP contribution >= 0.6 is 0 Å². The van der Waals surface area contributed by atoms with Gasteiger partial charge in [-0.15, -0.1) is 0 Å². The van der Waals surface area contributed by atoms with Crippen LogP contribution in [0.2, 0.25) is 0 Å². The number of furan rings is 1. The van der Waals surface area contributed by atoms with E-state index in [9.17, 15) is 0 Å². The second-order valence-corrected chi connectivity index (χ2v) is 10.5. The summed E-state index contributed by atoms with van der Waals surface area (Å²) in [6, 6.07) is 22.0. The highest BCUT2D eigenvalue weighted by atomic mass is 16.3. The minimum Gasteiger partial charge on any atom is -0.454 e. The van der Waals surface area contributed by atoms with E-state index in [1.54, 1.807) is 0 Å². The molecule has 1 aliphatic carbocycles. The topological polar surface area (TPSA) is 17.0 Å². The highest BCUT2D eigenvalue weighted by Crippen LogP contribution is 2.46. The predicted molar refractivity (Wildman–Crippen MR) is 136 cm³/mol. The molecule has 2 heteroatoms. The van der Waals surface area contributed by atoms with Crippen molar-refractivity contribution in [2.75, 3.05) is 0 Å². The molecule has 33 heavy (non-hydrogen) atoms. The molecule has 0 atom stereocenters. The summed E-state index contributed by atoms with van der Waals surface area (Å²) >= 11 is 0. The molecule has 0 saturated carbocycles. The van der Waals surface area contributed by atoms with Gasteiger partial charge in [-0.25, -0.2) is 4.57 Å². The highest BCUT2D eigenvalue weighted by molar-refractivity contribution is 6.13. The predicted octanol–water partition coefficient (Wildman–Crippen LogP) is 7.49. The molecule has 3 aromatic carbocycles. The number of para-hydroxylation sites is 1. The molecule has 0 aliphatic heterocycles. The van der Waals surface area contributed by atoms with Gasteiger partial charge in [0.15, 0.2) is 6.20 Å². The number of aromatic nitrogens is 1. The minimum absolute atomic E-state index is 0.303. The van der Waals surface area contributed by atoms with Crippen LogP contribution in [0.5, 0.6) is 0 Å². The van der Waals surface area contributed by atoms with Crippen molar-refractivity contribution in [3.63, 3.8) is 0 Å². The van der Waals surface area contributed by atoms with Crippen LogP contribution in [0.15, 0.2) is 71.3 Å². The van der Waals surface area contributed by atoms with Crippen LogP contribution in [0.3, 0.4) is 0 Å². The van der Waals surface area contributed by atoms with E-state index < -0.39 is 0 Å². The van der Waals surface area contributed by atoms with Crippen molar-refractivity contribution < 1.29 is 8.98 Å². The Bertz CT molecular complexity index is 1570. The van der Waals surface area contributed by atoms with Crippen molar-refractivity contribution in [3.8, 4) is 22.4 Å². The summed E-state index contributed by atoms with van der Waals surface area (Å²) in [5.41, 5.74) is 12.8. The zero-order valence-corrected chi connectivity index (χ0v) is 20.1. The molecular weight excluding hydrogens is 402 g/mol. The quantitative estimate of drug-likeness (QED) is 0.264. The van der Waals surface area contributed by atoms with E-state index in [-0.39, 0.29) is 0 Å². The first-order valence-corrected chi connectivity index (χ1v) is 11.9. The van der Waals surface area contributed by atoms with Gasteiger partial charge >= 0.3 is 0 Å². The Kier molecular flexibility index (Phi) is 4.32. The summed E-state index contributed by atoms with van der Waals surface area (Å²) in [6.07, 6.45) is 4.35. The number of hydrogen-bond acceptors (Lipinski definition) is 1. The number of rotatable bonds is 2. The number of hydrogen-bond donors (Lipinski definition) is 0. The first-order valence-electron chi connectivity index (χ1n) is 11.9. The lowest BCUT2D eigenvalue weighted by Gasteiger charge is -2.15. The molecular formula is C31H30NO+. The molecule has 0 N–H and O–H groups in total. The van der Waals surface area contributed by atoms with E-state index in [1.807, 2.05) is 0 Å². The summed E-state index contributed by atoms with van der Waals surface area (Å²) in [6.45, 7) is 9.19. The Morgan fingerprint density at radius 2 is 1.48 bits per heavy atom. The van der Waals surface area contributed by atoms with Crippen molar-refractivity contribution >= 4 is 21.9 Å². The van der Waals surface area contributed by atoms with Gasteiger partial charge in [-0.05, 0) is 66.0 Å². The summed E-state index contributed by atoms with van der Waals surface area (Å²) in [4.78, 5) is 0. The van der Waals surface area contributed by atoms with Crippen LogP contribution in [0, 0.1) is 19.3 Å². The SMILES string of the molecule is Cc1ccc(-c2cccc3c2oc2c(-c4cccc[n+]4C)c(C)ccc23)c2c1CC(C)(C)C2. The Labute approximate surface area is 195 Å². The molecule has 2 aromatic heterocycles. The van der Waals surface area contributed by atoms with Crippen LogP contribution in [-0.4, -0.2) is 0 Å². The van der Waals surface area contributed by atoms with Crippen LogP contribution < -0.4 is 4.57 Å². The van der Waals surface area contributed by atoms with Gasteiger partial charge in [-0.2, -0.15) is 0 Å². The molecule has 0 bridgehead atoms. The summed E-state index contributed by atoms with van der Waals surface area (Å²) in [5.74, 6) is 0. The Morgan fingerprint density at radius 1 is 0.727 bits per heavy atom. The van der Waals surface area contributed by atoms with Crippen LogP contribution in [0.25, 0.3) is 44.3 Å². The van der Waals surface area contributed by atoms with Gasteiger partial charge in [0.05, 0.1) is 5.56 Å². The van der Waals surface area contributed by atoms with Crippen molar-refractivity contribution in [1.82, 2.24) is 0 Å². The van der Waals surface area contributed by atoms with Gasteiger partial charge in [-0.1, -0.05) is 56.3 Å². The Morgan fingerprint density at radius 3 is 2.30 bits per heavy atom. The number of benzene rings is 3. The lowest BCUT2D eigenvalue weighted by atomic mass is 9.89. The maximum Gasteiger partial charge on any atom is 0.216 e. The van der Waals surface area contributed by atoms with Crippen molar-refractivity contribution in [3.05, 3.63) is 89.1 Å². The van der Waals surface area contributed by atoms with E-state index in [4.69, 9.17) is 4.42 Å². The number of nitrogens with zero attached hydrogens (tertiary/aromatic N) is 1. The van der Waals surface area contributed by atoms with Gasteiger partial charge in [0.2, 0.25) is 5.69 Å².